The third kappa shape index (κ3) is 6.25. The predicted molar refractivity (Wildman–Crippen MR) is 90.6 cm³/mol. The smallest absolute Gasteiger partial charge is 0.344 e. The average molecular weight is 345 g/mol. The van der Waals surface area contributed by atoms with E-state index in [2.05, 4.69) is 5.32 Å². The van der Waals surface area contributed by atoms with Gasteiger partial charge in [0.1, 0.15) is 11.6 Å². The van der Waals surface area contributed by atoms with Crippen molar-refractivity contribution >= 4 is 11.9 Å². The Morgan fingerprint density at radius 1 is 1.04 bits per heavy atom. The number of hydrogen-bond donors (Lipinski definition) is 1. The van der Waals surface area contributed by atoms with Crippen molar-refractivity contribution < 1.29 is 23.5 Å². The van der Waals surface area contributed by atoms with Gasteiger partial charge in [0.2, 0.25) is 0 Å². The molecule has 0 fully saturated rings. The van der Waals surface area contributed by atoms with E-state index in [1.54, 1.807) is 30.3 Å². The SMILES string of the molecule is Cc1cc(C)cc(OCC(=O)OCC(=O)NCc2ccccc2F)c1. The molecule has 5 nitrogen and oxygen atoms in total. The van der Waals surface area contributed by atoms with Crippen LogP contribution in [0.5, 0.6) is 5.75 Å². The lowest BCUT2D eigenvalue weighted by atomic mass is 10.1. The van der Waals surface area contributed by atoms with Gasteiger partial charge >= 0.3 is 5.97 Å². The monoisotopic (exact) mass is 345 g/mol. The second-order valence-corrected chi connectivity index (χ2v) is 5.64. The van der Waals surface area contributed by atoms with Crippen molar-refractivity contribution in [2.75, 3.05) is 13.2 Å². The number of ether oxygens (including phenoxy) is 2. The second-order valence-electron chi connectivity index (χ2n) is 5.64. The number of halogens is 1. The number of benzene rings is 2. The first kappa shape index (κ1) is 18.4. The molecule has 0 aliphatic heterocycles. The van der Waals surface area contributed by atoms with Gasteiger partial charge in [0.25, 0.3) is 5.91 Å². The van der Waals surface area contributed by atoms with Gasteiger partial charge in [0, 0.05) is 12.1 Å². The molecule has 0 spiro atoms. The third-order valence-electron chi connectivity index (χ3n) is 3.35. The quantitative estimate of drug-likeness (QED) is 0.784. The predicted octanol–water partition coefficient (Wildman–Crippen LogP) is 2.68. The summed E-state index contributed by atoms with van der Waals surface area (Å²) in [6.45, 7) is 3.16. The van der Waals surface area contributed by atoms with Crippen LogP contribution in [0.3, 0.4) is 0 Å². The molecule has 1 amide bonds. The van der Waals surface area contributed by atoms with Crippen LogP contribution in [0.25, 0.3) is 0 Å². The molecular weight excluding hydrogens is 325 g/mol. The van der Waals surface area contributed by atoms with E-state index in [0.29, 0.717) is 11.3 Å². The molecule has 0 bridgehead atoms. The summed E-state index contributed by atoms with van der Waals surface area (Å²) in [5.74, 6) is -0.997. The van der Waals surface area contributed by atoms with E-state index < -0.39 is 24.3 Å². The van der Waals surface area contributed by atoms with E-state index in [9.17, 15) is 14.0 Å². The summed E-state index contributed by atoms with van der Waals surface area (Å²) in [5, 5.41) is 2.49. The van der Waals surface area contributed by atoms with Crippen LogP contribution in [0.4, 0.5) is 4.39 Å². The van der Waals surface area contributed by atoms with Crippen molar-refractivity contribution in [3.8, 4) is 5.75 Å². The standard InChI is InChI=1S/C19H20FNO4/c1-13-7-14(2)9-16(8-13)24-12-19(23)25-11-18(22)21-10-15-5-3-4-6-17(15)20/h3-9H,10-12H2,1-2H3,(H,21,22). The van der Waals surface area contributed by atoms with E-state index >= 15 is 0 Å². The minimum absolute atomic E-state index is 0.0299. The molecule has 0 heterocycles. The van der Waals surface area contributed by atoms with Crippen molar-refractivity contribution in [1.82, 2.24) is 5.32 Å². The zero-order valence-corrected chi connectivity index (χ0v) is 14.2. The maximum Gasteiger partial charge on any atom is 0.344 e. The molecule has 0 aliphatic rings. The number of carbonyl (C=O) groups is 2. The van der Waals surface area contributed by atoms with Crippen molar-refractivity contribution in [2.24, 2.45) is 0 Å². The van der Waals surface area contributed by atoms with Crippen LogP contribution >= 0.6 is 0 Å². The normalized spacial score (nSPS) is 10.2. The Labute approximate surface area is 145 Å². The van der Waals surface area contributed by atoms with E-state index in [0.717, 1.165) is 11.1 Å². The van der Waals surface area contributed by atoms with Gasteiger partial charge in [-0.3, -0.25) is 4.79 Å². The fourth-order valence-corrected chi connectivity index (χ4v) is 2.23. The highest BCUT2D eigenvalue weighted by atomic mass is 19.1. The number of aryl methyl sites for hydroxylation is 2. The largest absolute Gasteiger partial charge is 0.482 e. The van der Waals surface area contributed by atoms with Crippen molar-refractivity contribution in [3.63, 3.8) is 0 Å². The summed E-state index contributed by atoms with van der Waals surface area (Å²) in [6.07, 6.45) is 0. The molecule has 0 aromatic heterocycles. The van der Waals surface area contributed by atoms with Crippen LogP contribution < -0.4 is 10.1 Å². The van der Waals surface area contributed by atoms with Crippen LogP contribution in [-0.2, 0) is 20.9 Å². The Morgan fingerprint density at radius 3 is 2.40 bits per heavy atom. The Balaban J connectivity index is 1.70. The number of rotatable bonds is 7. The molecule has 1 N–H and O–H groups in total. The zero-order chi connectivity index (χ0) is 18.2. The Hall–Kier alpha value is -2.89. The molecule has 0 aliphatic carbocycles. The number of carbonyl (C=O) groups excluding carboxylic acids is 2. The van der Waals surface area contributed by atoms with E-state index in [-0.39, 0.29) is 13.2 Å². The maximum atomic E-state index is 13.4. The Kier molecular flexibility index (Phi) is 6.51. The molecule has 2 aromatic rings. The van der Waals surface area contributed by atoms with Crippen molar-refractivity contribution in [2.45, 2.75) is 20.4 Å². The molecule has 6 heteroatoms. The van der Waals surface area contributed by atoms with Gasteiger partial charge in [-0.05, 0) is 43.2 Å². The number of amides is 1. The first-order valence-corrected chi connectivity index (χ1v) is 7.81. The molecule has 2 rings (SSSR count). The summed E-state index contributed by atoms with van der Waals surface area (Å²) in [6, 6.07) is 11.7. The first-order chi connectivity index (χ1) is 11.9. The summed E-state index contributed by atoms with van der Waals surface area (Å²) in [4.78, 5) is 23.3. The molecule has 0 saturated heterocycles. The van der Waals surface area contributed by atoms with Gasteiger partial charge < -0.3 is 14.8 Å². The van der Waals surface area contributed by atoms with Crippen LogP contribution in [-0.4, -0.2) is 25.1 Å². The van der Waals surface area contributed by atoms with Crippen molar-refractivity contribution in [1.29, 1.82) is 0 Å². The Morgan fingerprint density at radius 2 is 1.72 bits per heavy atom. The molecule has 0 atom stereocenters. The van der Waals surface area contributed by atoms with Crippen LogP contribution in [0.15, 0.2) is 42.5 Å². The van der Waals surface area contributed by atoms with E-state index in [4.69, 9.17) is 9.47 Å². The molecular formula is C19H20FNO4. The van der Waals surface area contributed by atoms with Gasteiger partial charge in [-0.15, -0.1) is 0 Å². The van der Waals surface area contributed by atoms with Gasteiger partial charge in [-0.2, -0.15) is 0 Å². The van der Waals surface area contributed by atoms with Gasteiger partial charge in [0.15, 0.2) is 13.2 Å². The number of nitrogens with one attached hydrogen (secondary N) is 1. The van der Waals surface area contributed by atoms with Crippen LogP contribution in [0.1, 0.15) is 16.7 Å². The van der Waals surface area contributed by atoms with Gasteiger partial charge in [-0.1, -0.05) is 24.3 Å². The van der Waals surface area contributed by atoms with E-state index in [1.165, 1.54) is 6.07 Å². The number of hydrogen-bond acceptors (Lipinski definition) is 4. The summed E-state index contributed by atoms with van der Waals surface area (Å²) < 4.78 is 23.6. The molecule has 2 aromatic carbocycles. The molecule has 0 saturated carbocycles. The van der Waals surface area contributed by atoms with Crippen LogP contribution in [0, 0.1) is 19.7 Å². The minimum Gasteiger partial charge on any atom is -0.482 e. The highest BCUT2D eigenvalue weighted by Gasteiger charge is 2.09. The van der Waals surface area contributed by atoms with Gasteiger partial charge in [0.05, 0.1) is 0 Å². The Bertz CT molecular complexity index is 741. The third-order valence-corrected chi connectivity index (χ3v) is 3.35. The molecule has 0 unspecified atom stereocenters. The van der Waals surface area contributed by atoms with Gasteiger partial charge in [-0.25, -0.2) is 9.18 Å². The summed E-state index contributed by atoms with van der Waals surface area (Å²) >= 11 is 0. The molecule has 132 valence electrons. The lowest BCUT2D eigenvalue weighted by molar-refractivity contribution is -0.150. The maximum absolute atomic E-state index is 13.4. The summed E-state index contributed by atoms with van der Waals surface area (Å²) in [5.41, 5.74) is 2.41. The highest BCUT2D eigenvalue weighted by Crippen LogP contribution is 2.16. The fourth-order valence-electron chi connectivity index (χ4n) is 2.23. The van der Waals surface area contributed by atoms with Crippen LogP contribution in [0.2, 0.25) is 0 Å². The lowest BCUT2D eigenvalue weighted by Gasteiger charge is -2.09. The second kappa shape index (κ2) is 8.82. The molecule has 25 heavy (non-hydrogen) atoms. The minimum atomic E-state index is -0.653. The summed E-state index contributed by atoms with van der Waals surface area (Å²) in [7, 11) is 0. The first-order valence-electron chi connectivity index (χ1n) is 7.81. The highest BCUT2D eigenvalue weighted by molar-refractivity contribution is 5.80. The lowest BCUT2D eigenvalue weighted by Crippen LogP contribution is -2.29. The number of esters is 1. The van der Waals surface area contributed by atoms with E-state index in [1.807, 2.05) is 19.9 Å². The molecule has 0 radical (unpaired) electrons. The van der Waals surface area contributed by atoms with Crippen molar-refractivity contribution in [3.05, 3.63) is 65.0 Å². The topological polar surface area (TPSA) is 64.6 Å². The average Bonchev–Trinajstić information content (AvgIpc) is 2.56. The fraction of sp³-hybridized carbons (Fsp3) is 0.263. The zero-order valence-electron chi connectivity index (χ0n) is 14.2.